The van der Waals surface area contributed by atoms with E-state index in [4.69, 9.17) is 4.74 Å². The molecule has 3 rings (SSSR count). The predicted molar refractivity (Wildman–Crippen MR) is 79.4 cm³/mol. The van der Waals surface area contributed by atoms with Gasteiger partial charge in [0.15, 0.2) is 0 Å². The molecule has 0 heterocycles. The summed E-state index contributed by atoms with van der Waals surface area (Å²) in [5.41, 5.74) is 0.864. The third kappa shape index (κ3) is 2.34. The Bertz CT molecular complexity index is 754. The molecular formula is C18H13NO. The van der Waals surface area contributed by atoms with Gasteiger partial charge in [-0.05, 0) is 11.5 Å². The molecule has 20 heavy (non-hydrogen) atoms. The van der Waals surface area contributed by atoms with Crippen molar-refractivity contribution < 1.29 is 4.74 Å². The second-order valence-corrected chi connectivity index (χ2v) is 4.51. The fourth-order valence-corrected chi connectivity index (χ4v) is 2.22. The van der Waals surface area contributed by atoms with Gasteiger partial charge in [0, 0.05) is 10.9 Å². The van der Waals surface area contributed by atoms with Gasteiger partial charge >= 0.3 is 0 Å². The van der Waals surface area contributed by atoms with Crippen molar-refractivity contribution in [2.45, 2.75) is 6.10 Å². The van der Waals surface area contributed by atoms with Gasteiger partial charge in [-0.3, -0.25) is 0 Å². The Labute approximate surface area is 117 Å². The second kappa shape index (κ2) is 5.46. The molecule has 0 bridgehead atoms. The van der Waals surface area contributed by atoms with Crippen molar-refractivity contribution in [3.05, 3.63) is 78.4 Å². The Hall–Kier alpha value is -2.79. The molecule has 96 valence electrons. The van der Waals surface area contributed by atoms with Crippen LogP contribution in [0.15, 0.2) is 72.8 Å². The van der Waals surface area contributed by atoms with E-state index in [-0.39, 0.29) is 0 Å². The first-order valence-electron chi connectivity index (χ1n) is 6.47. The number of nitrogens with zero attached hydrogens (tertiary/aromatic N) is 1. The minimum absolute atomic E-state index is 0.595. The zero-order chi connectivity index (χ0) is 13.8. The van der Waals surface area contributed by atoms with Crippen LogP contribution in [0.4, 0.5) is 0 Å². The van der Waals surface area contributed by atoms with Gasteiger partial charge in [0.2, 0.25) is 6.10 Å². The SMILES string of the molecule is N#CC(Oc1cccc2ccccc12)c1ccccc1. The molecule has 2 nitrogen and oxygen atoms in total. The molecule has 0 saturated carbocycles. The van der Waals surface area contributed by atoms with Crippen LogP contribution in [0, 0.1) is 11.3 Å². The standard InChI is InChI=1S/C18H13NO/c19-13-18(15-8-2-1-3-9-15)20-17-12-6-10-14-7-4-5-11-16(14)17/h1-12,18H. The number of benzene rings is 3. The number of rotatable bonds is 3. The van der Waals surface area contributed by atoms with E-state index in [2.05, 4.69) is 6.07 Å². The van der Waals surface area contributed by atoms with Crippen LogP contribution in [0.25, 0.3) is 10.8 Å². The van der Waals surface area contributed by atoms with Crippen molar-refractivity contribution in [3.63, 3.8) is 0 Å². The molecule has 0 radical (unpaired) electrons. The van der Waals surface area contributed by atoms with Crippen molar-refractivity contribution in [2.75, 3.05) is 0 Å². The van der Waals surface area contributed by atoms with Crippen LogP contribution < -0.4 is 4.74 Å². The van der Waals surface area contributed by atoms with E-state index in [0.717, 1.165) is 22.1 Å². The third-order valence-electron chi connectivity index (χ3n) is 3.21. The lowest BCUT2D eigenvalue weighted by Crippen LogP contribution is -2.05. The summed E-state index contributed by atoms with van der Waals surface area (Å²) in [5, 5.41) is 11.5. The van der Waals surface area contributed by atoms with Gasteiger partial charge in [-0.2, -0.15) is 5.26 Å². The van der Waals surface area contributed by atoms with E-state index in [1.54, 1.807) is 0 Å². The van der Waals surface area contributed by atoms with Crippen molar-refractivity contribution >= 4 is 10.8 Å². The highest BCUT2D eigenvalue weighted by molar-refractivity contribution is 5.88. The molecule has 3 aromatic rings. The van der Waals surface area contributed by atoms with Crippen LogP contribution in [0.3, 0.4) is 0 Å². The molecule has 0 fully saturated rings. The van der Waals surface area contributed by atoms with Crippen LogP contribution in [-0.4, -0.2) is 0 Å². The van der Waals surface area contributed by atoms with Crippen molar-refractivity contribution in [2.24, 2.45) is 0 Å². The minimum Gasteiger partial charge on any atom is -0.470 e. The smallest absolute Gasteiger partial charge is 0.209 e. The molecule has 0 aliphatic rings. The van der Waals surface area contributed by atoms with Crippen molar-refractivity contribution in [3.8, 4) is 11.8 Å². The summed E-state index contributed by atoms with van der Waals surface area (Å²) in [7, 11) is 0. The number of hydrogen-bond acceptors (Lipinski definition) is 2. The summed E-state index contributed by atoms with van der Waals surface area (Å²) < 4.78 is 5.90. The molecule has 1 unspecified atom stereocenters. The van der Waals surface area contributed by atoms with E-state index >= 15 is 0 Å². The Morgan fingerprint density at radius 1 is 0.800 bits per heavy atom. The maximum absolute atomic E-state index is 9.34. The monoisotopic (exact) mass is 259 g/mol. The van der Waals surface area contributed by atoms with Gasteiger partial charge < -0.3 is 4.74 Å². The first-order chi connectivity index (χ1) is 9.88. The van der Waals surface area contributed by atoms with Crippen molar-refractivity contribution in [1.82, 2.24) is 0 Å². The normalized spacial score (nSPS) is 11.8. The van der Waals surface area contributed by atoms with Gasteiger partial charge in [0.05, 0.1) is 0 Å². The Kier molecular flexibility index (Phi) is 3.34. The lowest BCUT2D eigenvalue weighted by Gasteiger charge is -2.14. The summed E-state index contributed by atoms with van der Waals surface area (Å²) in [5.74, 6) is 0.735. The molecule has 0 saturated heterocycles. The molecule has 0 amide bonds. The van der Waals surface area contributed by atoms with Crippen LogP contribution in [-0.2, 0) is 0 Å². The Morgan fingerprint density at radius 3 is 2.30 bits per heavy atom. The lowest BCUT2D eigenvalue weighted by atomic mass is 10.1. The molecule has 0 N–H and O–H groups in total. The first kappa shape index (κ1) is 12.3. The zero-order valence-corrected chi connectivity index (χ0v) is 10.9. The van der Waals surface area contributed by atoms with E-state index in [1.807, 2.05) is 72.8 Å². The quantitative estimate of drug-likeness (QED) is 0.694. The number of hydrogen-bond donors (Lipinski definition) is 0. The molecule has 0 spiro atoms. The minimum atomic E-state index is -0.595. The molecule has 2 heteroatoms. The zero-order valence-electron chi connectivity index (χ0n) is 10.9. The summed E-state index contributed by atoms with van der Waals surface area (Å²) in [6, 6.07) is 25.6. The molecule has 0 aliphatic carbocycles. The Morgan fingerprint density at radius 2 is 1.50 bits per heavy atom. The van der Waals surface area contributed by atoms with Gasteiger partial charge in [-0.25, -0.2) is 0 Å². The second-order valence-electron chi connectivity index (χ2n) is 4.51. The lowest BCUT2D eigenvalue weighted by molar-refractivity contribution is 0.266. The van der Waals surface area contributed by atoms with Gasteiger partial charge in [-0.15, -0.1) is 0 Å². The summed E-state index contributed by atoms with van der Waals surface area (Å²) in [6.45, 7) is 0. The average molecular weight is 259 g/mol. The van der Waals surface area contributed by atoms with Crippen LogP contribution in [0.5, 0.6) is 5.75 Å². The van der Waals surface area contributed by atoms with Gasteiger partial charge in [0.25, 0.3) is 0 Å². The largest absolute Gasteiger partial charge is 0.470 e. The van der Waals surface area contributed by atoms with E-state index in [1.165, 1.54) is 0 Å². The first-order valence-corrected chi connectivity index (χ1v) is 6.47. The highest BCUT2D eigenvalue weighted by Gasteiger charge is 2.13. The van der Waals surface area contributed by atoms with Crippen molar-refractivity contribution in [1.29, 1.82) is 5.26 Å². The summed E-state index contributed by atoms with van der Waals surface area (Å²) >= 11 is 0. The van der Waals surface area contributed by atoms with E-state index in [0.29, 0.717) is 0 Å². The molecule has 0 aliphatic heterocycles. The molecule has 1 atom stereocenters. The predicted octanol–water partition coefficient (Wildman–Crippen LogP) is 4.48. The van der Waals surface area contributed by atoms with Crippen LogP contribution in [0.2, 0.25) is 0 Å². The van der Waals surface area contributed by atoms with Gasteiger partial charge in [0.1, 0.15) is 11.8 Å². The number of fused-ring (bicyclic) bond motifs is 1. The Balaban J connectivity index is 1.99. The third-order valence-corrected chi connectivity index (χ3v) is 3.21. The highest BCUT2D eigenvalue weighted by atomic mass is 16.5. The molecule has 3 aromatic carbocycles. The summed E-state index contributed by atoms with van der Waals surface area (Å²) in [6.07, 6.45) is -0.595. The average Bonchev–Trinajstić information content (AvgIpc) is 2.53. The van der Waals surface area contributed by atoms with E-state index in [9.17, 15) is 5.26 Å². The van der Waals surface area contributed by atoms with Crippen LogP contribution in [0.1, 0.15) is 11.7 Å². The molecular weight excluding hydrogens is 246 g/mol. The number of ether oxygens (including phenoxy) is 1. The van der Waals surface area contributed by atoms with Gasteiger partial charge in [-0.1, -0.05) is 66.7 Å². The highest BCUT2D eigenvalue weighted by Crippen LogP contribution is 2.29. The maximum atomic E-state index is 9.34. The topological polar surface area (TPSA) is 33.0 Å². The van der Waals surface area contributed by atoms with E-state index < -0.39 is 6.10 Å². The fraction of sp³-hybridized carbons (Fsp3) is 0.0556. The number of nitriles is 1. The maximum Gasteiger partial charge on any atom is 0.209 e. The fourth-order valence-electron chi connectivity index (χ4n) is 2.22. The summed E-state index contributed by atoms with van der Waals surface area (Å²) in [4.78, 5) is 0. The molecule has 0 aromatic heterocycles. The van der Waals surface area contributed by atoms with Crippen LogP contribution >= 0.6 is 0 Å².